The largest absolute Gasteiger partial charge is 0.0654 e. The summed E-state index contributed by atoms with van der Waals surface area (Å²) < 4.78 is 58.4. The van der Waals surface area contributed by atoms with E-state index in [0.717, 1.165) is 89.4 Å². The summed E-state index contributed by atoms with van der Waals surface area (Å²) in [4.78, 5) is 0. The van der Waals surface area contributed by atoms with Gasteiger partial charge in [0.1, 0.15) is 0 Å². The van der Waals surface area contributed by atoms with E-state index in [0.29, 0.717) is 56.6 Å². The van der Waals surface area contributed by atoms with Gasteiger partial charge in [-0.2, -0.15) is 0 Å². The molecule has 0 aliphatic rings. The summed E-state index contributed by atoms with van der Waals surface area (Å²) in [5.41, 5.74) is 3.89. The number of fused-ring (bicyclic) bond motifs is 6. The molecule has 0 aromatic heterocycles. The molecule has 0 spiro atoms. The van der Waals surface area contributed by atoms with Crippen LogP contribution in [-0.2, 0) is 12.8 Å². The van der Waals surface area contributed by atoms with Crippen LogP contribution < -0.4 is 0 Å². The molecule has 0 aliphatic heterocycles. The van der Waals surface area contributed by atoms with Crippen molar-refractivity contribution in [3.63, 3.8) is 0 Å². The van der Waals surface area contributed by atoms with Gasteiger partial charge in [-0.15, -0.1) is 0 Å². The SMILES string of the molecule is [2H]c1c(CCCCCC)c([2H])c2c(-c3cccc4c3ccc3cc5ccccc5cc34)c3c([2H])c([2H])c(CCCCCC)c([2H])c3c(-c3ccccc3)c2c1[2H]. The van der Waals surface area contributed by atoms with Crippen molar-refractivity contribution in [2.24, 2.45) is 0 Å². The first-order chi connectivity index (χ1) is 27.3. The summed E-state index contributed by atoms with van der Waals surface area (Å²) in [6, 6.07) is 33.6. The molecule has 0 saturated heterocycles. The predicted octanol–water partition coefficient (Wildman–Crippen LogP) is 15.0. The summed E-state index contributed by atoms with van der Waals surface area (Å²) >= 11 is 0. The molecule has 0 atom stereocenters. The number of unbranched alkanes of at least 4 members (excludes halogenated alkanes) is 6. The van der Waals surface area contributed by atoms with E-state index in [-0.39, 0.29) is 36.3 Å². The van der Waals surface area contributed by atoms with Crippen LogP contribution in [0.5, 0.6) is 0 Å². The van der Waals surface area contributed by atoms with Crippen molar-refractivity contribution < 1.29 is 8.22 Å². The highest BCUT2D eigenvalue weighted by atomic mass is 14.2. The molecule has 0 aliphatic carbocycles. The van der Waals surface area contributed by atoms with Crippen molar-refractivity contribution in [2.75, 3.05) is 0 Å². The average Bonchev–Trinajstić information content (AvgIpc) is 3.22. The first kappa shape index (κ1) is 25.9. The molecular weight excluding hydrogens is 601 g/mol. The summed E-state index contributed by atoms with van der Waals surface area (Å²) in [5, 5.41) is 8.48. The Kier molecular flexibility index (Phi) is 7.53. The minimum Gasteiger partial charge on any atom is -0.0654 e. The van der Waals surface area contributed by atoms with E-state index in [9.17, 15) is 8.22 Å². The second-order valence-corrected chi connectivity index (χ2v) is 13.8. The number of benzene rings is 8. The van der Waals surface area contributed by atoms with Crippen molar-refractivity contribution in [3.8, 4) is 22.3 Å². The maximum atomic E-state index is 10.0. The van der Waals surface area contributed by atoms with Crippen LogP contribution in [0, 0.1) is 0 Å². The summed E-state index contributed by atoms with van der Waals surface area (Å²) in [6.07, 6.45) is 8.92. The first-order valence-corrected chi connectivity index (χ1v) is 18.7. The lowest BCUT2D eigenvalue weighted by atomic mass is 9.82. The maximum absolute atomic E-state index is 10.0. The van der Waals surface area contributed by atoms with Gasteiger partial charge in [0.15, 0.2) is 0 Å². The molecule has 0 fully saturated rings. The zero-order chi connectivity index (χ0) is 39.1. The van der Waals surface area contributed by atoms with Gasteiger partial charge in [0, 0.05) is 0 Å². The van der Waals surface area contributed by atoms with Crippen LogP contribution in [0.1, 0.15) is 84.6 Å². The summed E-state index contributed by atoms with van der Waals surface area (Å²) in [7, 11) is 0. The second-order valence-electron chi connectivity index (χ2n) is 13.8. The number of hydrogen-bond acceptors (Lipinski definition) is 0. The minimum absolute atomic E-state index is 0.0461. The van der Waals surface area contributed by atoms with Crippen LogP contribution in [0.2, 0.25) is 0 Å². The molecule has 8 aromatic carbocycles. The quantitative estimate of drug-likeness (QED) is 0.0699. The van der Waals surface area contributed by atoms with Gasteiger partial charge in [-0.3, -0.25) is 0 Å². The van der Waals surface area contributed by atoms with E-state index in [1.807, 2.05) is 42.5 Å². The van der Waals surface area contributed by atoms with Crippen molar-refractivity contribution in [3.05, 3.63) is 144 Å². The van der Waals surface area contributed by atoms with Crippen LogP contribution in [0.3, 0.4) is 0 Å². The predicted molar refractivity (Wildman–Crippen MR) is 221 cm³/mol. The van der Waals surface area contributed by atoms with E-state index >= 15 is 0 Å². The maximum Gasteiger partial charge on any atom is 0.0632 e. The van der Waals surface area contributed by atoms with Gasteiger partial charge in [0.25, 0.3) is 0 Å². The highest BCUT2D eigenvalue weighted by Crippen LogP contribution is 2.46. The van der Waals surface area contributed by atoms with Crippen LogP contribution >= 0.6 is 0 Å². The van der Waals surface area contributed by atoms with E-state index in [1.54, 1.807) is 0 Å². The number of hydrogen-bond donors (Lipinski definition) is 0. The fourth-order valence-electron chi connectivity index (χ4n) is 7.76. The Morgan fingerprint density at radius 3 is 1.72 bits per heavy atom. The molecule has 0 saturated carbocycles. The van der Waals surface area contributed by atoms with Crippen molar-refractivity contribution >= 4 is 53.9 Å². The normalized spacial score (nSPS) is 13.5. The fourth-order valence-corrected chi connectivity index (χ4v) is 7.76. The Balaban J connectivity index is 1.57. The van der Waals surface area contributed by atoms with Gasteiger partial charge in [0.05, 0.1) is 8.22 Å². The van der Waals surface area contributed by atoms with Crippen LogP contribution in [0.25, 0.3) is 76.1 Å². The van der Waals surface area contributed by atoms with Crippen LogP contribution in [0.4, 0.5) is 0 Å². The smallest absolute Gasteiger partial charge is 0.0632 e. The molecule has 8 aromatic rings. The first-order valence-electron chi connectivity index (χ1n) is 21.7. The Morgan fingerprint density at radius 1 is 0.420 bits per heavy atom. The van der Waals surface area contributed by atoms with E-state index in [4.69, 9.17) is 0 Å². The lowest BCUT2D eigenvalue weighted by molar-refractivity contribution is 0.667. The Morgan fingerprint density at radius 2 is 1.04 bits per heavy atom. The molecule has 0 amide bonds. The van der Waals surface area contributed by atoms with Crippen molar-refractivity contribution in [1.82, 2.24) is 0 Å². The molecule has 248 valence electrons. The minimum atomic E-state index is 0.0461. The molecule has 0 N–H and O–H groups in total. The highest BCUT2D eigenvalue weighted by molar-refractivity contribution is 6.25. The Bertz CT molecular complexity index is 2790. The third-order valence-electron chi connectivity index (χ3n) is 10.4. The molecular formula is C50H48. The van der Waals surface area contributed by atoms with Crippen LogP contribution in [0.15, 0.2) is 133 Å². The molecule has 0 radical (unpaired) electrons. The lowest BCUT2D eigenvalue weighted by Gasteiger charge is -2.21. The molecule has 0 nitrogen and oxygen atoms in total. The van der Waals surface area contributed by atoms with Gasteiger partial charge in [-0.1, -0.05) is 174 Å². The molecule has 0 unspecified atom stereocenters. The molecule has 0 bridgehead atoms. The molecule has 50 heavy (non-hydrogen) atoms. The van der Waals surface area contributed by atoms with Gasteiger partial charge >= 0.3 is 0 Å². The lowest BCUT2D eigenvalue weighted by Crippen LogP contribution is -1.95. The zero-order valence-electron chi connectivity index (χ0n) is 35.3. The van der Waals surface area contributed by atoms with Crippen LogP contribution in [-0.4, -0.2) is 0 Å². The summed E-state index contributed by atoms with van der Waals surface area (Å²) in [5.74, 6) is 0. The number of rotatable bonds is 12. The third kappa shape index (κ3) is 6.18. The van der Waals surface area contributed by atoms with Gasteiger partial charge in [0.2, 0.25) is 0 Å². The van der Waals surface area contributed by atoms with E-state index in [2.05, 4.69) is 68.4 Å². The van der Waals surface area contributed by atoms with Gasteiger partial charge < -0.3 is 0 Å². The monoisotopic (exact) mass is 654 g/mol. The second kappa shape index (κ2) is 14.5. The molecule has 0 heterocycles. The van der Waals surface area contributed by atoms with Gasteiger partial charge in [-0.05, 0) is 125 Å². The van der Waals surface area contributed by atoms with Crippen molar-refractivity contribution in [2.45, 2.75) is 78.1 Å². The zero-order valence-corrected chi connectivity index (χ0v) is 29.3. The molecule has 0 heteroatoms. The summed E-state index contributed by atoms with van der Waals surface area (Å²) in [6.45, 7) is 4.33. The Hall–Kier alpha value is -4.94. The molecule has 8 rings (SSSR count). The van der Waals surface area contributed by atoms with E-state index < -0.39 is 0 Å². The third-order valence-corrected chi connectivity index (χ3v) is 10.4. The van der Waals surface area contributed by atoms with E-state index in [1.165, 1.54) is 5.39 Å². The fraction of sp³-hybridized carbons (Fsp3) is 0.240. The average molecular weight is 655 g/mol. The Labute approximate surface area is 306 Å². The van der Waals surface area contributed by atoms with Crippen molar-refractivity contribution in [1.29, 1.82) is 0 Å². The highest BCUT2D eigenvalue weighted by Gasteiger charge is 2.20. The standard InChI is InChI=1S/C50H48/c1-3-5-7-10-17-35-26-29-45-47(31-35)49(37-19-12-9-13-20-37)44-28-25-36(18-11-8-6-4-2)32-48(44)50(45)43-24-16-23-41-42(43)30-27-40-33-38-21-14-15-22-39(38)34-46(40)41/h9,12-16,19-34H,3-8,10-11,17-18H2,1-2H3/i25D,26D,28D,29D,31D,32D. The van der Waals surface area contributed by atoms with Gasteiger partial charge in [-0.25, -0.2) is 0 Å². The topological polar surface area (TPSA) is 0 Å².